The molecule has 0 spiro atoms. The van der Waals surface area contributed by atoms with Gasteiger partial charge in [0.25, 0.3) is 11.8 Å². The van der Waals surface area contributed by atoms with E-state index in [1.54, 1.807) is 12.1 Å². The van der Waals surface area contributed by atoms with E-state index in [4.69, 9.17) is 11.6 Å². The number of pyridine rings is 1. The number of H-pyrrole nitrogens is 1. The first-order chi connectivity index (χ1) is 13.3. The maximum atomic E-state index is 13.4. The number of hydrogen-bond donors (Lipinski definition) is 3. The highest BCUT2D eigenvalue weighted by Gasteiger charge is 2.16. The quantitative estimate of drug-likeness (QED) is 0.481. The molecule has 1 aromatic carbocycles. The van der Waals surface area contributed by atoms with E-state index < -0.39 is 23.4 Å². The van der Waals surface area contributed by atoms with Crippen LogP contribution in [0.3, 0.4) is 0 Å². The molecule has 7 nitrogen and oxygen atoms in total. The zero-order valence-corrected chi connectivity index (χ0v) is 17.7. The van der Waals surface area contributed by atoms with Crippen molar-refractivity contribution in [2.24, 2.45) is 0 Å². The molecule has 0 aliphatic heterocycles. The number of aromatic nitrogens is 3. The molecule has 0 bridgehead atoms. The second kappa shape index (κ2) is 10.9. The van der Waals surface area contributed by atoms with Crippen LogP contribution in [0.4, 0.5) is 14.6 Å². The molecule has 3 N–H and O–H groups in total. The van der Waals surface area contributed by atoms with E-state index >= 15 is 0 Å². The highest BCUT2D eigenvalue weighted by Crippen LogP contribution is 2.16. The summed E-state index contributed by atoms with van der Waals surface area (Å²) in [5, 5.41) is 11.8. The minimum absolute atomic E-state index is 0. The summed E-state index contributed by atoms with van der Waals surface area (Å²) in [4.78, 5) is 28.3. The van der Waals surface area contributed by atoms with E-state index in [-0.39, 0.29) is 54.0 Å². The van der Waals surface area contributed by atoms with Crippen LogP contribution < -0.4 is 10.6 Å². The van der Waals surface area contributed by atoms with Crippen molar-refractivity contribution >= 4 is 54.0 Å². The Labute approximate surface area is 187 Å². The molecule has 2 amide bonds. The van der Waals surface area contributed by atoms with Crippen molar-refractivity contribution in [2.45, 2.75) is 13.5 Å². The number of halogens is 5. The molecule has 12 heteroatoms. The molecule has 0 radical (unpaired) electrons. The third-order valence-electron chi connectivity index (χ3n) is 3.82. The van der Waals surface area contributed by atoms with Crippen molar-refractivity contribution in [2.75, 3.05) is 5.32 Å². The summed E-state index contributed by atoms with van der Waals surface area (Å²) < 4.78 is 26.6. The van der Waals surface area contributed by atoms with Gasteiger partial charge in [-0.3, -0.25) is 14.7 Å². The van der Waals surface area contributed by atoms with Crippen LogP contribution in [-0.4, -0.2) is 27.0 Å². The number of aromatic amines is 1. The molecule has 0 fully saturated rings. The Morgan fingerprint density at radius 1 is 1.10 bits per heavy atom. The van der Waals surface area contributed by atoms with Crippen LogP contribution in [0, 0.1) is 18.6 Å². The van der Waals surface area contributed by atoms with Crippen molar-refractivity contribution < 1.29 is 18.4 Å². The number of aryl methyl sites for hydroxylation is 1. The van der Waals surface area contributed by atoms with Gasteiger partial charge in [0.1, 0.15) is 10.8 Å². The van der Waals surface area contributed by atoms with E-state index in [1.165, 1.54) is 19.2 Å². The molecule has 0 unspecified atom stereocenters. The summed E-state index contributed by atoms with van der Waals surface area (Å²) >= 11 is 5.70. The van der Waals surface area contributed by atoms with E-state index in [0.29, 0.717) is 5.15 Å². The lowest BCUT2D eigenvalue weighted by Gasteiger charge is -2.06. The maximum absolute atomic E-state index is 13.4. The van der Waals surface area contributed by atoms with Gasteiger partial charge in [-0.1, -0.05) is 17.7 Å². The molecule has 3 rings (SSSR count). The molecular formula is C18H16Cl3F2N5O2. The van der Waals surface area contributed by atoms with E-state index in [0.717, 1.165) is 17.7 Å². The van der Waals surface area contributed by atoms with E-state index in [9.17, 15) is 18.4 Å². The first-order valence-electron chi connectivity index (χ1n) is 8.04. The van der Waals surface area contributed by atoms with Gasteiger partial charge >= 0.3 is 0 Å². The SMILES string of the molecule is Cc1cc(F)c(F)cc1C(=O)Nc1cc(C(=O)NCc2ccc(Cl)nc2)[nH]n1.Cl.Cl. The molecule has 0 aliphatic rings. The minimum Gasteiger partial charge on any atom is -0.347 e. The molecule has 0 aliphatic carbocycles. The molecule has 0 saturated carbocycles. The first-order valence-corrected chi connectivity index (χ1v) is 8.42. The lowest BCUT2D eigenvalue weighted by Crippen LogP contribution is -2.23. The van der Waals surface area contributed by atoms with Gasteiger partial charge in [0.2, 0.25) is 0 Å². The normalized spacial score (nSPS) is 9.87. The summed E-state index contributed by atoms with van der Waals surface area (Å²) in [6.45, 7) is 1.70. The highest BCUT2D eigenvalue weighted by atomic mass is 35.5. The zero-order chi connectivity index (χ0) is 20.3. The van der Waals surface area contributed by atoms with E-state index in [1.807, 2.05) is 0 Å². The lowest BCUT2D eigenvalue weighted by molar-refractivity contribution is 0.0945. The van der Waals surface area contributed by atoms with Gasteiger partial charge in [-0.25, -0.2) is 13.8 Å². The zero-order valence-electron chi connectivity index (χ0n) is 15.3. The third-order valence-corrected chi connectivity index (χ3v) is 4.04. The number of anilines is 1. The van der Waals surface area contributed by atoms with Crippen LogP contribution in [0.25, 0.3) is 0 Å². The molecule has 2 aromatic heterocycles. The Balaban J connectivity index is 0.00000225. The lowest BCUT2D eigenvalue weighted by atomic mass is 10.1. The monoisotopic (exact) mass is 477 g/mol. The number of nitrogens with zero attached hydrogens (tertiary/aromatic N) is 2. The Kier molecular flexibility index (Phi) is 9.16. The highest BCUT2D eigenvalue weighted by molar-refractivity contribution is 6.29. The van der Waals surface area contributed by atoms with Crippen LogP contribution in [0.2, 0.25) is 5.15 Å². The fourth-order valence-corrected chi connectivity index (χ4v) is 2.48. The topological polar surface area (TPSA) is 99.8 Å². The predicted octanol–water partition coefficient (Wildman–Crippen LogP) is 4.07. The number of rotatable bonds is 5. The Bertz CT molecular complexity index is 1040. The standard InChI is InChI=1S/C18H14ClF2N5O2.2ClH/c1-9-4-12(20)13(21)5-11(9)17(27)24-16-6-14(25-26-16)18(28)23-8-10-2-3-15(19)22-7-10;;/h2-7H,8H2,1H3,(H,23,28)(H2,24,25,26,27);2*1H. The number of hydrogen-bond acceptors (Lipinski definition) is 4. The number of carbonyl (C=O) groups excluding carboxylic acids is 2. The third kappa shape index (κ3) is 6.12. The largest absolute Gasteiger partial charge is 0.347 e. The van der Waals surface area contributed by atoms with Gasteiger partial charge < -0.3 is 10.6 Å². The van der Waals surface area contributed by atoms with Crippen LogP contribution in [0.15, 0.2) is 36.5 Å². The number of amides is 2. The van der Waals surface area contributed by atoms with Gasteiger partial charge in [-0.05, 0) is 36.2 Å². The fraction of sp³-hybridized carbons (Fsp3) is 0.111. The van der Waals surface area contributed by atoms with Gasteiger partial charge in [0.05, 0.1) is 0 Å². The van der Waals surface area contributed by atoms with Crippen molar-refractivity contribution in [3.05, 3.63) is 75.7 Å². The molecule has 0 atom stereocenters. The van der Waals surface area contributed by atoms with Gasteiger partial charge in [0.15, 0.2) is 17.5 Å². The van der Waals surface area contributed by atoms with Crippen LogP contribution in [0.5, 0.6) is 0 Å². The average molecular weight is 479 g/mol. The maximum Gasteiger partial charge on any atom is 0.269 e. The number of benzene rings is 1. The van der Waals surface area contributed by atoms with Crippen molar-refractivity contribution in [3.63, 3.8) is 0 Å². The van der Waals surface area contributed by atoms with Crippen LogP contribution in [0.1, 0.15) is 32.0 Å². The van der Waals surface area contributed by atoms with Crippen molar-refractivity contribution in [1.29, 1.82) is 0 Å². The predicted molar refractivity (Wildman–Crippen MR) is 113 cm³/mol. The summed E-state index contributed by atoms with van der Waals surface area (Å²) in [7, 11) is 0. The smallest absolute Gasteiger partial charge is 0.269 e. The number of carbonyl (C=O) groups is 2. The van der Waals surface area contributed by atoms with Gasteiger partial charge in [0, 0.05) is 24.4 Å². The van der Waals surface area contributed by atoms with Gasteiger partial charge in [-0.15, -0.1) is 24.8 Å². The van der Waals surface area contributed by atoms with E-state index in [2.05, 4.69) is 25.8 Å². The summed E-state index contributed by atoms with van der Waals surface area (Å²) in [5.74, 6) is -3.24. The molecule has 30 heavy (non-hydrogen) atoms. The summed E-state index contributed by atoms with van der Waals surface area (Å²) in [6, 6.07) is 6.38. The average Bonchev–Trinajstić information content (AvgIpc) is 3.12. The van der Waals surface area contributed by atoms with Crippen molar-refractivity contribution in [3.8, 4) is 0 Å². The molecular weight excluding hydrogens is 463 g/mol. The molecule has 3 aromatic rings. The Hall–Kier alpha value is -2.75. The van der Waals surface area contributed by atoms with Crippen LogP contribution >= 0.6 is 36.4 Å². The minimum atomic E-state index is -1.13. The van der Waals surface area contributed by atoms with Crippen LogP contribution in [-0.2, 0) is 6.54 Å². The second-order valence-corrected chi connectivity index (χ2v) is 6.26. The summed E-state index contributed by atoms with van der Waals surface area (Å²) in [5.41, 5.74) is 1.09. The summed E-state index contributed by atoms with van der Waals surface area (Å²) in [6.07, 6.45) is 1.53. The second-order valence-electron chi connectivity index (χ2n) is 5.87. The van der Waals surface area contributed by atoms with Gasteiger partial charge in [-0.2, -0.15) is 5.10 Å². The fourth-order valence-electron chi connectivity index (χ4n) is 2.37. The number of nitrogens with one attached hydrogen (secondary N) is 3. The van der Waals surface area contributed by atoms with Crippen molar-refractivity contribution in [1.82, 2.24) is 20.5 Å². The first kappa shape index (κ1) is 25.3. The Morgan fingerprint density at radius 3 is 2.47 bits per heavy atom. The molecule has 160 valence electrons. The molecule has 0 saturated heterocycles. The Morgan fingerprint density at radius 2 is 1.80 bits per heavy atom. The molecule has 2 heterocycles.